The summed E-state index contributed by atoms with van der Waals surface area (Å²) in [4.78, 5) is 25.4. The van der Waals surface area contributed by atoms with Crippen molar-refractivity contribution in [1.29, 1.82) is 0 Å². The molecule has 1 aromatic heterocycles. The number of nitrogens with zero attached hydrogens (tertiary/aromatic N) is 1. The summed E-state index contributed by atoms with van der Waals surface area (Å²) in [5.74, 6) is 0.125. The zero-order chi connectivity index (χ0) is 13.1. The van der Waals surface area contributed by atoms with Gasteiger partial charge < -0.3 is 10.2 Å². The largest absolute Gasteiger partial charge is 0.396 e. The number of aliphatic hydroxyl groups excluding tert-OH is 2. The Labute approximate surface area is 103 Å². The van der Waals surface area contributed by atoms with Gasteiger partial charge in [-0.1, -0.05) is 0 Å². The van der Waals surface area contributed by atoms with Gasteiger partial charge in [-0.05, 0) is 25.7 Å². The molecule has 6 heteroatoms. The zero-order valence-corrected chi connectivity index (χ0v) is 10.1. The summed E-state index contributed by atoms with van der Waals surface area (Å²) < 4.78 is 1.50. The number of aryl methyl sites for hydroxylation is 1. The van der Waals surface area contributed by atoms with Gasteiger partial charge in [0.25, 0.3) is 5.56 Å². The molecule has 1 aromatic rings. The molecule has 0 bridgehead atoms. The topological polar surface area (TPSA) is 95.3 Å². The van der Waals surface area contributed by atoms with Gasteiger partial charge in [0.15, 0.2) is 0 Å². The van der Waals surface area contributed by atoms with Gasteiger partial charge in [0.1, 0.15) is 0 Å². The van der Waals surface area contributed by atoms with Crippen LogP contribution in [0.15, 0.2) is 15.8 Å². The highest BCUT2D eigenvalue weighted by Crippen LogP contribution is 2.66. The molecule has 2 saturated carbocycles. The van der Waals surface area contributed by atoms with E-state index in [9.17, 15) is 19.8 Å². The van der Waals surface area contributed by atoms with Crippen LogP contribution in [0.5, 0.6) is 0 Å². The van der Waals surface area contributed by atoms with Crippen molar-refractivity contribution in [2.75, 3.05) is 6.61 Å². The van der Waals surface area contributed by atoms with Gasteiger partial charge >= 0.3 is 5.69 Å². The summed E-state index contributed by atoms with van der Waals surface area (Å²) in [5.41, 5.74) is -0.762. The van der Waals surface area contributed by atoms with Gasteiger partial charge in [-0.15, -0.1) is 0 Å². The fourth-order valence-corrected chi connectivity index (χ4v) is 3.31. The minimum absolute atomic E-state index is 0.0492. The second-order valence-corrected chi connectivity index (χ2v) is 5.50. The smallest absolute Gasteiger partial charge is 0.328 e. The summed E-state index contributed by atoms with van der Waals surface area (Å²) >= 11 is 0. The lowest BCUT2D eigenvalue weighted by Crippen LogP contribution is -2.33. The van der Waals surface area contributed by atoms with Crippen molar-refractivity contribution in [3.05, 3.63) is 32.6 Å². The van der Waals surface area contributed by atoms with Crippen LogP contribution in [0.1, 0.15) is 24.4 Å². The third-order valence-corrected chi connectivity index (χ3v) is 4.57. The first-order valence-corrected chi connectivity index (χ1v) is 6.10. The number of aromatic amines is 1. The fourth-order valence-electron chi connectivity index (χ4n) is 3.31. The summed E-state index contributed by atoms with van der Waals surface area (Å²) in [5, 5.41) is 19.4. The molecule has 18 heavy (non-hydrogen) atoms. The predicted octanol–water partition coefficient (Wildman–Crippen LogP) is -0.851. The van der Waals surface area contributed by atoms with Crippen LogP contribution in [-0.4, -0.2) is 32.5 Å². The van der Waals surface area contributed by atoms with Crippen LogP contribution in [0.4, 0.5) is 0 Å². The molecule has 0 radical (unpaired) electrons. The van der Waals surface area contributed by atoms with Crippen molar-refractivity contribution < 1.29 is 10.2 Å². The summed E-state index contributed by atoms with van der Waals surface area (Å²) in [6, 6.07) is -0.129. The first-order valence-electron chi connectivity index (χ1n) is 6.10. The van der Waals surface area contributed by atoms with E-state index in [1.807, 2.05) is 0 Å². The Morgan fingerprint density at radius 2 is 2.28 bits per heavy atom. The normalized spacial score (nSPS) is 37.6. The van der Waals surface area contributed by atoms with E-state index in [4.69, 9.17) is 0 Å². The maximum atomic E-state index is 11.8. The van der Waals surface area contributed by atoms with Crippen molar-refractivity contribution in [3.63, 3.8) is 0 Å². The molecular weight excluding hydrogens is 236 g/mol. The van der Waals surface area contributed by atoms with Crippen LogP contribution in [-0.2, 0) is 0 Å². The lowest BCUT2D eigenvalue weighted by molar-refractivity contribution is 0.0599. The van der Waals surface area contributed by atoms with Crippen LogP contribution < -0.4 is 11.2 Å². The predicted molar refractivity (Wildman–Crippen MR) is 63.3 cm³/mol. The third kappa shape index (κ3) is 1.36. The molecule has 0 spiro atoms. The van der Waals surface area contributed by atoms with Crippen molar-refractivity contribution in [2.45, 2.75) is 31.9 Å². The Kier molecular flexibility index (Phi) is 2.30. The van der Waals surface area contributed by atoms with Crippen LogP contribution in [0.25, 0.3) is 0 Å². The molecule has 0 aromatic carbocycles. The Morgan fingerprint density at radius 3 is 2.83 bits per heavy atom. The van der Waals surface area contributed by atoms with Gasteiger partial charge in [0.2, 0.25) is 0 Å². The third-order valence-electron chi connectivity index (χ3n) is 4.57. The molecule has 6 nitrogen and oxygen atoms in total. The SMILES string of the molecule is Cc1cn([C@H]2C[C@H](O)[C@@]3(CO)C[C@H]23)c(=O)[nH]c1=O. The Hall–Kier alpha value is -1.40. The molecule has 0 aliphatic heterocycles. The molecule has 1 heterocycles. The monoisotopic (exact) mass is 252 g/mol. The highest BCUT2D eigenvalue weighted by molar-refractivity contribution is 5.17. The van der Waals surface area contributed by atoms with Crippen molar-refractivity contribution in [3.8, 4) is 0 Å². The molecule has 3 N–H and O–H groups in total. The number of aromatic nitrogens is 2. The Morgan fingerprint density at radius 1 is 1.56 bits per heavy atom. The van der Waals surface area contributed by atoms with E-state index in [2.05, 4.69) is 4.98 Å². The summed E-state index contributed by atoms with van der Waals surface area (Å²) in [6.07, 6.45) is 2.16. The van der Waals surface area contributed by atoms with E-state index in [0.717, 1.165) is 6.42 Å². The lowest BCUT2D eigenvalue weighted by atomic mass is 10.0. The van der Waals surface area contributed by atoms with Crippen LogP contribution in [0.3, 0.4) is 0 Å². The van der Waals surface area contributed by atoms with E-state index in [1.165, 1.54) is 4.57 Å². The zero-order valence-electron chi connectivity index (χ0n) is 10.1. The molecule has 0 amide bonds. The minimum Gasteiger partial charge on any atom is -0.396 e. The second kappa shape index (κ2) is 3.55. The maximum Gasteiger partial charge on any atom is 0.328 e. The van der Waals surface area contributed by atoms with Crippen molar-refractivity contribution in [2.24, 2.45) is 11.3 Å². The number of hydrogen-bond acceptors (Lipinski definition) is 4. The molecular formula is C12H16N2O4. The molecule has 2 fully saturated rings. The molecule has 4 atom stereocenters. The standard InChI is InChI=1S/C12H16N2O4/c1-6-4-14(11(18)13-10(6)17)8-2-9(16)12(5-15)3-7(8)12/h4,7-9,15-16H,2-3,5H2,1H3,(H,13,17,18)/t7-,8+,9+,12-/m1/s1. The molecule has 0 saturated heterocycles. The average Bonchev–Trinajstić information content (AvgIpc) is 3.01. The number of aliphatic hydroxyl groups is 2. The number of rotatable bonds is 2. The molecule has 2 aliphatic carbocycles. The first-order chi connectivity index (χ1) is 8.49. The number of nitrogens with one attached hydrogen (secondary N) is 1. The summed E-state index contributed by atoms with van der Waals surface area (Å²) in [6.45, 7) is 1.60. The highest BCUT2D eigenvalue weighted by atomic mass is 16.3. The molecule has 98 valence electrons. The maximum absolute atomic E-state index is 11.8. The number of H-pyrrole nitrogens is 1. The number of fused-ring (bicyclic) bond motifs is 1. The van der Waals surface area contributed by atoms with Gasteiger partial charge in [-0.3, -0.25) is 14.3 Å². The van der Waals surface area contributed by atoms with Gasteiger partial charge in [-0.2, -0.15) is 0 Å². The molecule has 3 rings (SSSR count). The van der Waals surface area contributed by atoms with Gasteiger partial charge in [-0.25, -0.2) is 4.79 Å². The Bertz CT molecular complexity index is 605. The second-order valence-electron chi connectivity index (χ2n) is 5.50. The van der Waals surface area contributed by atoms with Gasteiger partial charge in [0, 0.05) is 23.2 Å². The van der Waals surface area contributed by atoms with Crippen molar-refractivity contribution >= 4 is 0 Å². The molecule has 0 unspecified atom stereocenters. The number of hydrogen-bond donors (Lipinski definition) is 3. The average molecular weight is 252 g/mol. The van der Waals surface area contributed by atoms with Crippen molar-refractivity contribution in [1.82, 2.24) is 9.55 Å². The quantitative estimate of drug-likeness (QED) is 0.639. The fraction of sp³-hybridized carbons (Fsp3) is 0.667. The summed E-state index contributed by atoms with van der Waals surface area (Å²) in [7, 11) is 0. The van der Waals surface area contributed by atoms with E-state index in [1.54, 1.807) is 13.1 Å². The van der Waals surface area contributed by atoms with Gasteiger partial charge in [0.05, 0.1) is 12.7 Å². The molecule has 2 aliphatic rings. The van der Waals surface area contributed by atoms with Crippen LogP contribution in [0.2, 0.25) is 0 Å². The van der Waals surface area contributed by atoms with E-state index < -0.39 is 17.2 Å². The van der Waals surface area contributed by atoms with Crippen LogP contribution in [0, 0.1) is 18.3 Å². The van der Waals surface area contributed by atoms with Crippen LogP contribution >= 0.6 is 0 Å². The van der Waals surface area contributed by atoms with E-state index in [-0.39, 0.29) is 24.1 Å². The Balaban J connectivity index is 2.02. The lowest BCUT2D eigenvalue weighted by Gasteiger charge is -2.17. The van der Waals surface area contributed by atoms with E-state index in [0.29, 0.717) is 12.0 Å². The first kappa shape index (κ1) is 11.7. The minimum atomic E-state index is -0.573. The van der Waals surface area contributed by atoms with E-state index >= 15 is 0 Å². The highest BCUT2D eigenvalue weighted by Gasteiger charge is 2.67.